The SMILES string of the molecule is CCNC(=NCCN(C)CC(F)(F)F)NC(C)c1cc(OC)ccc1OC.I. The molecule has 0 aliphatic heterocycles. The summed E-state index contributed by atoms with van der Waals surface area (Å²) in [4.78, 5) is 5.56. The van der Waals surface area contributed by atoms with E-state index in [1.54, 1.807) is 14.2 Å². The second-order valence-corrected chi connectivity index (χ2v) is 6.09. The van der Waals surface area contributed by atoms with Crippen molar-refractivity contribution < 1.29 is 22.6 Å². The monoisotopic (exact) mass is 518 g/mol. The van der Waals surface area contributed by atoms with Crippen molar-refractivity contribution in [3.05, 3.63) is 23.8 Å². The first-order valence-corrected chi connectivity index (χ1v) is 8.72. The molecule has 0 amide bonds. The van der Waals surface area contributed by atoms with Crippen molar-refractivity contribution in [2.24, 2.45) is 4.99 Å². The van der Waals surface area contributed by atoms with Gasteiger partial charge in [-0.1, -0.05) is 0 Å². The molecule has 0 heterocycles. The van der Waals surface area contributed by atoms with Crippen molar-refractivity contribution >= 4 is 29.9 Å². The Labute approximate surface area is 181 Å². The molecule has 0 fully saturated rings. The Bertz CT molecular complexity index is 615. The normalized spacial score (nSPS) is 13.0. The number of likely N-dealkylation sites (N-methyl/N-ethyl adjacent to an activating group) is 1. The molecule has 0 aliphatic carbocycles. The maximum Gasteiger partial charge on any atom is 0.401 e. The first-order valence-electron chi connectivity index (χ1n) is 8.72. The van der Waals surface area contributed by atoms with Crippen molar-refractivity contribution in [1.29, 1.82) is 0 Å². The molecule has 10 heteroatoms. The van der Waals surface area contributed by atoms with Gasteiger partial charge in [-0.3, -0.25) is 9.89 Å². The molecule has 0 radical (unpaired) electrons. The van der Waals surface area contributed by atoms with Crippen LogP contribution in [0.3, 0.4) is 0 Å². The minimum absolute atomic E-state index is 0. The van der Waals surface area contributed by atoms with Gasteiger partial charge in [0.1, 0.15) is 11.5 Å². The summed E-state index contributed by atoms with van der Waals surface area (Å²) in [5.74, 6) is 1.93. The topological polar surface area (TPSA) is 58.1 Å². The van der Waals surface area contributed by atoms with Gasteiger partial charge in [0, 0.05) is 18.7 Å². The molecule has 0 aliphatic rings. The number of hydrogen-bond donors (Lipinski definition) is 2. The molecule has 1 rings (SSSR count). The van der Waals surface area contributed by atoms with Crippen LogP contribution in [0.1, 0.15) is 25.5 Å². The first kappa shape index (κ1) is 26.6. The van der Waals surface area contributed by atoms with E-state index in [0.29, 0.717) is 24.0 Å². The maximum absolute atomic E-state index is 12.4. The number of rotatable bonds is 9. The van der Waals surface area contributed by atoms with Gasteiger partial charge in [0.2, 0.25) is 0 Å². The quantitative estimate of drug-likeness (QED) is 0.298. The highest BCUT2D eigenvalue weighted by Gasteiger charge is 2.28. The lowest BCUT2D eigenvalue weighted by Crippen LogP contribution is -2.39. The molecule has 1 aromatic rings. The fourth-order valence-corrected chi connectivity index (χ4v) is 2.50. The zero-order valence-electron chi connectivity index (χ0n) is 16.9. The number of aliphatic imine (C=N–C) groups is 1. The summed E-state index contributed by atoms with van der Waals surface area (Å²) in [5.41, 5.74) is 0.886. The van der Waals surface area contributed by atoms with Crippen LogP contribution in [-0.4, -0.2) is 64.5 Å². The largest absolute Gasteiger partial charge is 0.497 e. The number of methoxy groups -OCH3 is 2. The summed E-state index contributed by atoms with van der Waals surface area (Å²) < 4.78 is 47.8. The van der Waals surface area contributed by atoms with Gasteiger partial charge < -0.3 is 20.1 Å². The van der Waals surface area contributed by atoms with Gasteiger partial charge in [0.15, 0.2) is 5.96 Å². The Morgan fingerprint density at radius 1 is 1.25 bits per heavy atom. The third-order valence-corrected chi connectivity index (χ3v) is 3.80. The fourth-order valence-electron chi connectivity index (χ4n) is 2.50. The summed E-state index contributed by atoms with van der Waals surface area (Å²) in [7, 11) is 4.60. The average molecular weight is 518 g/mol. The highest BCUT2D eigenvalue weighted by atomic mass is 127. The van der Waals surface area contributed by atoms with E-state index in [0.717, 1.165) is 5.56 Å². The van der Waals surface area contributed by atoms with Gasteiger partial charge >= 0.3 is 6.18 Å². The number of alkyl halides is 3. The Kier molecular flexibility index (Phi) is 12.3. The summed E-state index contributed by atoms with van der Waals surface area (Å²) in [6, 6.07) is 5.35. The predicted octanol–water partition coefficient (Wildman–Crippen LogP) is 3.43. The molecular formula is C18H30F3IN4O2. The molecule has 1 atom stereocenters. The van der Waals surface area contributed by atoms with Gasteiger partial charge in [0.25, 0.3) is 0 Å². The highest BCUT2D eigenvalue weighted by Crippen LogP contribution is 2.29. The van der Waals surface area contributed by atoms with E-state index in [4.69, 9.17) is 9.47 Å². The Morgan fingerprint density at radius 2 is 1.93 bits per heavy atom. The minimum Gasteiger partial charge on any atom is -0.497 e. The molecule has 6 nitrogen and oxygen atoms in total. The molecule has 2 N–H and O–H groups in total. The predicted molar refractivity (Wildman–Crippen MR) is 116 cm³/mol. The van der Waals surface area contributed by atoms with Crippen LogP contribution in [0.15, 0.2) is 23.2 Å². The molecule has 1 unspecified atom stereocenters. The fraction of sp³-hybridized carbons (Fsp3) is 0.611. The first-order chi connectivity index (χ1) is 12.7. The number of guanidine groups is 1. The van der Waals surface area contributed by atoms with Crippen molar-refractivity contribution in [1.82, 2.24) is 15.5 Å². The summed E-state index contributed by atoms with van der Waals surface area (Å²) in [6.45, 7) is 3.98. The van der Waals surface area contributed by atoms with Crippen LogP contribution in [0.2, 0.25) is 0 Å². The molecule has 162 valence electrons. The van der Waals surface area contributed by atoms with Gasteiger partial charge in [-0.05, 0) is 39.1 Å². The molecule has 0 saturated carbocycles. The van der Waals surface area contributed by atoms with Crippen LogP contribution in [0.4, 0.5) is 13.2 Å². The Morgan fingerprint density at radius 3 is 2.46 bits per heavy atom. The van der Waals surface area contributed by atoms with E-state index < -0.39 is 12.7 Å². The zero-order chi connectivity index (χ0) is 20.4. The van der Waals surface area contributed by atoms with Crippen LogP contribution in [0.5, 0.6) is 11.5 Å². The van der Waals surface area contributed by atoms with E-state index in [9.17, 15) is 13.2 Å². The lowest BCUT2D eigenvalue weighted by atomic mass is 10.1. The maximum atomic E-state index is 12.4. The van der Waals surface area contributed by atoms with Crippen LogP contribution >= 0.6 is 24.0 Å². The number of benzene rings is 1. The van der Waals surface area contributed by atoms with Gasteiger partial charge in [-0.15, -0.1) is 24.0 Å². The molecule has 1 aromatic carbocycles. The average Bonchev–Trinajstić information content (AvgIpc) is 2.59. The van der Waals surface area contributed by atoms with Gasteiger partial charge in [-0.25, -0.2) is 0 Å². The highest BCUT2D eigenvalue weighted by molar-refractivity contribution is 14.0. The number of ether oxygens (including phenoxy) is 2. The lowest BCUT2D eigenvalue weighted by Gasteiger charge is -2.21. The number of halogens is 4. The molecule has 0 aromatic heterocycles. The van der Waals surface area contributed by atoms with Crippen molar-refractivity contribution in [3.63, 3.8) is 0 Å². The third-order valence-electron chi connectivity index (χ3n) is 3.80. The standard InChI is InChI=1S/C18H29F3N4O2.HI/c1-6-22-17(23-9-10-25(3)12-18(19,20)21)24-13(2)15-11-14(26-4)7-8-16(15)27-5;/h7-8,11,13H,6,9-10,12H2,1-5H3,(H2,22,23,24);1H. The van der Waals surface area contributed by atoms with Crippen LogP contribution in [0.25, 0.3) is 0 Å². The number of nitrogens with one attached hydrogen (secondary N) is 2. The lowest BCUT2D eigenvalue weighted by molar-refractivity contribution is -0.142. The Hall–Kier alpha value is -1.43. The van der Waals surface area contributed by atoms with Crippen LogP contribution in [0, 0.1) is 0 Å². The van der Waals surface area contributed by atoms with Crippen LogP contribution < -0.4 is 20.1 Å². The van der Waals surface area contributed by atoms with E-state index in [1.807, 2.05) is 32.0 Å². The van der Waals surface area contributed by atoms with Crippen LogP contribution in [-0.2, 0) is 0 Å². The molecule has 0 spiro atoms. The summed E-state index contributed by atoms with van der Waals surface area (Å²) in [6.07, 6.45) is -4.21. The van der Waals surface area contributed by atoms with E-state index in [-0.39, 0.29) is 43.1 Å². The second-order valence-electron chi connectivity index (χ2n) is 6.09. The van der Waals surface area contributed by atoms with E-state index >= 15 is 0 Å². The zero-order valence-corrected chi connectivity index (χ0v) is 19.2. The summed E-state index contributed by atoms with van der Waals surface area (Å²) in [5, 5.41) is 6.34. The summed E-state index contributed by atoms with van der Waals surface area (Å²) >= 11 is 0. The van der Waals surface area contributed by atoms with Crippen molar-refractivity contribution in [2.75, 3.05) is 47.4 Å². The van der Waals surface area contributed by atoms with Crippen molar-refractivity contribution in [3.8, 4) is 11.5 Å². The van der Waals surface area contributed by atoms with E-state index in [1.165, 1.54) is 11.9 Å². The molecular weight excluding hydrogens is 488 g/mol. The Balaban J connectivity index is 0.00000729. The number of nitrogens with zero attached hydrogens (tertiary/aromatic N) is 2. The third kappa shape index (κ3) is 9.67. The molecule has 0 bridgehead atoms. The van der Waals surface area contributed by atoms with Crippen molar-refractivity contribution in [2.45, 2.75) is 26.1 Å². The molecule has 28 heavy (non-hydrogen) atoms. The molecule has 0 saturated heterocycles. The smallest absolute Gasteiger partial charge is 0.401 e. The second kappa shape index (κ2) is 12.9. The number of hydrogen-bond acceptors (Lipinski definition) is 4. The minimum atomic E-state index is -4.21. The van der Waals surface area contributed by atoms with Gasteiger partial charge in [0.05, 0.1) is 33.4 Å². The van der Waals surface area contributed by atoms with E-state index in [2.05, 4.69) is 15.6 Å². The van der Waals surface area contributed by atoms with Gasteiger partial charge in [-0.2, -0.15) is 13.2 Å².